The third-order valence-corrected chi connectivity index (χ3v) is 2.00. The molecule has 18 heavy (non-hydrogen) atoms. The molecule has 8 heteroatoms. The smallest absolute Gasteiger partial charge is 0.322 e. The lowest BCUT2D eigenvalue weighted by molar-refractivity contribution is -0.137. The van der Waals surface area contributed by atoms with Crippen molar-refractivity contribution in [3.8, 4) is 0 Å². The van der Waals surface area contributed by atoms with Crippen LogP contribution >= 0.6 is 11.6 Å². The minimum atomic E-state index is -1.16. The van der Waals surface area contributed by atoms with Gasteiger partial charge in [0.25, 0.3) is 5.91 Å². The van der Waals surface area contributed by atoms with Crippen LogP contribution in [-0.4, -0.2) is 41.0 Å². The van der Waals surface area contributed by atoms with E-state index in [-0.39, 0.29) is 17.4 Å². The number of nitrogens with one attached hydrogen (secondary N) is 2. The molecular weight excluding hydrogens is 262 g/mol. The highest BCUT2D eigenvalue weighted by atomic mass is 35.5. The molecule has 0 aliphatic rings. The average molecular weight is 272 g/mol. The summed E-state index contributed by atoms with van der Waals surface area (Å²) in [6.45, 7) is -0.829. The van der Waals surface area contributed by atoms with Crippen LogP contribution in [0.2, 0.25) is 5.15 Å². The molecule has 0 spiro atoms. The SMILES string of the molecule is O=C(O)CNC(=O)CNC(=O)c1cccc(Cl)n1. The van der Waals surface area contributed by atoms with Gasteiger partial charge >= 0.3 is 5.97 Å². The zero-order valence-corrected chi connectivity index (χ0v) is 9.90. The number of carboxylic acid groups (broad SMARTS) is 1. The monoisotopic (exact) mass is 271 g/mol. The summed E-state index contributed by atoms with van der Waals surface area (Å²) < 4.78 is 0. The molecule has 0 atom stereocenters. The number of halogens is 1. The Balaban J connectivity index is 2.42. The molecule has 1 aromatic rings. The first-order valence-electron chi connectivity index (χ1n) is 4.88. The van der Waals surface area contributed by atoms with Crippen molar-refractivity contribution in [1.82, 2.24) is 15.6 Å². The van der Waals surface area contributed by atoms with Crippen molar-refractivity contribution in [3.63, 3.8) is 0 Å². The van der Waals surface area contributed by atoms with Crippen LogP contribution in [0.3, 0.4) is 0 Å². The summed E-state index contributed by atoms with van der Waals surface area (Å²) in [6.07, 6.45) is 0. The van der Waals surface area contributed by atoms with Crippen molar-refractivity contribution >= 4 is 29.4 Å². The van der Waals surface area contributed by atoms with Crippen LogP contribution in [0, 0.1) is 0 Å². The molecule has 0 aliphatic heterocycles. The van der Waals surface area contributed by atoms with Gasteiger partial charge in [-0.15, -0.1) is 0 Å². The van der Waals surface area contributed by atoms with E-state index in [4.69, 9.17) is 16.7 Å². The second kappa shape index (κ2) is 6.55. The molecule has 1 rings (SSSR count). The topological polar surface area (TPSA) is 108 Å². The van der Waals surface area contributed by atoms with Gasteiger partial charge in [0.15, 0.2) is 0 Å². The molecule has 0 fully saturated rings. The van der Waals surface area contributed by atoms with Crippen molar-refractivity contribution in [3.05, 3.63) is 29.0 Å². The van der Waals surface area contributed by atoms with Crippen LogP contribution in [0.5, 0.6) is 0 Å². The van der Waals surface area contributed by atoms with E-state index in [0.717, 1.165) is 0 Å². The molecule has 1 aromatic heterocycles. The number of nitrogens with zero attached hydrogens (tertiary/aromatic N) is 1. The van der Waals surface area contributed by atoms with E-state index in [0.29, 0.717) is 0 Å². The number of rotatable bonds is 5. The van der Waals surface area contributed by atoms with E-state index >= 15 is 0 Å². The van der Waals surface area contributed by atoms with E-state index in [1.807, 2.05) is 0 Å². The van der Waals surface area contributed by atoms with E-state index < -0.39 is 24.3 Å². The van der Waals surface area contributed by atoms with Crippen LogP contribution < -0.4 is 10.6 Å². The Labute approximate surface area is 107 Å². The molecule has 0 aromatic carbocycles. The van der Waals surface area contributed by atoms with Gasteiger partial charge < -0.3 is 15.7 Å². The van der Waals surface area contributed by atoms with Gasteiger partial charge in [0.1, 0.15) is 17.4 Å². The van der Waals surface area contributed by atoms with E-state index in [1.54, 1.807) is 6.07 Å². The van der Waals surface area contributed by atoms with E-state index in [1.165, 1.54) is 12.1 Å². The summed E-state index contributed by atoms with van der Waals surface area (Å²) in [6, 6.07) is 4.50. The molecule has 0 unspecified atom stereocenters. The summed E-state index contributed by atoms with van der Waals surface area (Å²) in [5.74, 6) is -2.33. The minimum Gasteiger partial charge on any atom is -0.480 e. The van der Waals surface area contributed by atoms with Gasteiger partial charge in [-0.3, -0.25) is 14.4 Å². The van der Waals surface area contributed by atoms with Gasteiger partial charge in [0.2, 0.25) is 5.91 Å². The van der Waals surface area contributed by atoms with Crippen LogP contribution in [0.4, 0.5) is 0 Å². The number of carboxylic acids is 1. The van der Waals surface area contributed by atoms with E-state index in [2.05, 4.69) is 15.6 Å². The summed E-state index contributed by atoms with van der Waals surface area (Å²) >= 11 is 5.60. The van der Waals surface area contributed by atoms with Gasteiger partial charge in [-0.05, 0) is 12.1 Å². The van der Waals surface area contributed by atoms with Crippen molar-refractivity contribution in [2.75, 3.05) is 13.1 Å². The third kappa shape index (κ3) is 4.79. The maximum Gasteiger partial charge on any atom is 0.322 e. The lowest BCUT2D eigenvalue weighted by Crippen LogP contribution is -2.39. The zero-order valence-electron chi connectivity index (χ0n) is 9.14. The first kappa shape index (κ1) is 13.9. The second-order valence-electron chi connectivity index (χ2n) is 3.20. The standard InChI is InChI=1S/C10H10ClN3O4/c11-7-3-1-2-6(14-7)10(18)13-4-8(15)12-5-9(16)17/h1-3H,4-5H2,(H,12,15)(H,13,18)(H,16,17). The lowest BCUT2D eigenvalue weighted by Gasteiger charge is -2.04. The van der Waals surface area contributed by atoms with Crippen molar-refractivity contribution in [2.45, 2.75) is 0 Å². The number of hydrogen-bond acceptors (Lipinski definition) is 4. The van der Waals surface area contributed by atoms with Crippen molar-refractivity contribution in [1.29, 1.82) is 0 Å². The van der Waals surface area contributed by atoms with Crippen LogP contribution in [-0.2, 0) is 9.59 Å². The normalized spacial score (nSPS) is 9.61. The predicted molar refractivity (Wildman–Crippen MR) is 62.2 cm³/mol. The molecule has 0 bridgehead atoms. The highest BCUT2D eigenvalue weighted by molar-refractivity contribution is 6.29. The molecular formula is C10H10ClN3O4. The molecule has 0 saturated heterocycles. The minimum absolute atomic E-state index is 0.0773. The summed E-state index contributed by atoms with van der Waals surface area (Å²) in [7, 11) is 0. The Kier molecular flexibility index (Phi) is 5.06. The number of carbonyl (C=O) groups excluding carboxylic acids is 2. The Morgan fingerprint density at radius 1 is 1.22 bits per heavy atom. The molecule has 3 N–H and O–H groups in total. The summed E-state index contributed by atoms with van der Waals surface area (Å²) in [5, 5.41) is 12.9. The average Bonchev–Trinajstić information content (AvgIpc) is 2.33. The van der Waals surface area contributed by atoms with Crippen molar-refractivity contribution in [2.24, 2.45) is 0 Å². The van der Waals surface area contributed by atoms with Crippen molar-refractivity contribution < 1.29 is 19.5 Å². The van der Waals surface area contributed by atoms with Gasteiger partial charge in [-0.1, -0.05) is 17.7 Å². The number of aliphatic carboxylic acids is 1. The van der Waals surface area contributed by atoms with Gasteiger partial charge in [0, 0.05) is 0 Å². The molecule has 0 radical (unpaired) electrons. The second-order valence-corrected chi connectivity index (χ2v) is 3.59. The molecule has 1 heterocycles. The maximum absolute atomic E-state index is 11.5. The molecule has 0 saturated carbocycles. The van der Waals surface area contributed by atoms with E-state index in [9.17, 15) is 14.4 Å². The first-order chi connectivity index (χ1) is 8.49. The first-order valence-corrected chi connectivity index (χ1v) is 5.26. The maximum atomic E-state index is 11.5. The number of pyridine rings is 1. The van der Waals surface area contributed by atoms with Crippen LogP contribution in [0.15, 0.2) is 18.2 Å². The predicted octanol–water partition coefficient (Wildman–Crippen LogP) is -0.334. The van der Waals surface area contributed by atoms with Crippen LogP contribution in [0.25, 0.3) is 0 Å². The molecule has 96 valence electrons. The van der Waals surface area contributed by atoms with Crippen LogP contribution in [0.1, 0.15) is 10.5 Å². The molecule has 2 amide bonds. The largest absolute Gasteiger partial charge is 0.480 e. The number of carbonyl (C=O) groups is 3. The Bertz CT molecular complexity index is 478. The summed E-state index contributed by atoms with van der Waals surface area (Å²) in [4.78, 5) is 36.6. The fraction of sp³-hybridized carbons (Fsp3) is 0.200. The fourth-order valence-electron chi connectivity index (χ4n) is 1.02. The highest BCUT2D eigenvalue weighted by Crippen LogP contribution is 2.04. The Hall–Kier alpha value is -2.15. The highest BCUT2D eigenvalue weighted by Gasteiger charge is 2.10. The number of hydrogen-bond donors (Lipinski definition) is 3. The molecule has 7 nitrogen and oxygen atoms in total. The summed E-state index contributed by atoms with van der Waals surface area (Å²) in [5.41, 5.74) is 0.0773. The number of amides is 2. The quantitative estimate of drug-likeness (QED) is 0.635. The fourth-order valence-corrected chi connectivity index (χ4v) is 1.19. The molecule has 0 aliphatic carbocycles. The Morgan fingerprint density at radius 2 is 1.94 bits per heavy atom. The van der Waals surface area contributed by atoms with Gasteiger partial charge in [0.05, 0.1) is 6.54 Å². The van der Waals surface area contributed by atoms with Gasteiger partial charge in [-0.2, -0.15) is 0 Å². The number of aromatic nitrogens is 1. The lowest BCUT2D eigenvalue weighted by atomic mass is 10.3. The third-order valence-electron chi connectivity index (χ3n) is 1.79. The Morgan fingerprint density at radius 3 is 2.56 bits per heavy atom. The van der Waals surface area contributed by atoms with Gasteiger partial charge in [-0.25, -0.2) is 4.98 Å². The zero-order chi connectivity index (χ0) is 13.5.